The zero-order chi connectivity index (χ0) is 12.7. The maximum Gasteiger partial charge on any atom is 0.314 e. The fraction of sp³-hybridized carbons (Fsp3) is 0.400. The van der Waals surface area contributed by atoms with Crippen LogP contribution in [0.4, 0.5) is 5.82 Å². The van der Waals surface area contributed by atoms with E-state index < -0.39 is 21.4 Å². The number of hydrogen-bond donors (Lipinski definition) is 2. The Kier molecular flexibility index (Phi) is 2.57. The zero-order valence-electron chi connectivity index (χ0n) is 9.17. The minimum atomic E-state index is -3.36. The SMILES string of the molecule is CS(=O)(=O)Nc1ccc(C2(C(=O)O)CC2)cn1. The molecule has 6 nitrogen and oxygen atoms in total. The van der Waals surface area contributed by atoms with Gasteiger partial charge in [-0.2, -0.15) is 0 Å². The second-order valence-corrected chi connectivity index (χ2v) is 5.94. The Morgan fingerprint density at radius 3 is 2.47 bits per heavy atom. The van der Waals surface area contributed by atoms with Crippen LogP contribution in [0.5, 0.6) is 0 Å². The van der Waals surface area contributed by atoms with E-state index in [1.54, 1.807) is 6.07 Å². The van der Waals surface area contributed by atoms with Gasteiger partial charge in [-0.1, -0.05) is 6.07 Å². The van der Waals surface area contributed by atoms with E-state index in [0.29, 0.717) is 18.4 Å². The fourth-order valence-corrected chi connectivity index (χ4v) is 2.18. The van der Waals surface area contributed by atoms with Gasteiger partial charge in [-0.3, -0.25) is 9.52 Å². The Labute approximate surface area is 98.7 Å². The molecule has 0 radical (unpaired) electrons. The average Bonchev–Trinajstić information content (AvgIpc) is 2.97. The first-order valence-electron chi connectivity index (χ1n) is 5.01. The second kappa shape index (κ2) is 3.69. The Bertz CT molecular complexity index is 546. The third kappa shape index (κ3) is 2.38. The Balaban J connectivity index is 2.22. The highest BCUT2D eigenvalue weighted by Gasteiger charge is 2.51. The molecule has 1 heterocycles. The summed E-state index contributed by atoms with van der Waals surface area (Å²) >= 11 is 0. The number of aliphatic carboxylic acids is 1. The molecule has 7 heteroatoms. The first kappa shape index (κ1) is 11.8. The van der Waals surface area contributed by atoms with Crippen LogP contribution in [-0.4, -0.2) is 30.7 Å². The third-order valence-corrected chi connectivity index (χ3v) is 3.35. The topological polar surface area (TPSA) is 96.4 Å². The summed E-state index contributed by atoms with van der Waals surface area (Å²) in [6, 6.07) is 3.07. The van der Waals surface area contributed by atoms with Gasteiger partial charge in [0.2, 0.25) is 10.0 Å². The molecule has 0 saturated heterocycles. The van der Waals surface area contributed by atoms with Crippen molar-refractivity contribution in [2.24, 2.45) is 0 Å². The highest BCUT2D eigenvalue weighted by molar-refractivity contribution is 7.92. The second-order valence-electron chi connectivity index (χ2n) is 4.19. The summed E-state index contributed by atoms with van der Waals surface area (Å²) in [5.74, 6) is -0.666. The molecule has 1 aliphatic carbocycles. The molecule has 1 aromatic heterocycles. The summed E-state index contributed by atoms with van der Waals surface area (Å²) < 4.78 is 24.1. The van der Waals surface area contributed by atoms with Crippen LogP contribution in [-0.2, 0) is 20.2 Å². The van der Waals surface area contributed by atoms with Crippen molar-refractivity contribution in [3.8, 4) is 0 Å². The predicted molar refractivity (Wildman–Crippen MR) is 61.3 cm³/mol. The van der Waals surface area contributed by atoms with E-state index in [4.69, 9.17) is 5.11 Å². The van der Waals surface area contributed by atoms with Gasteiger partial charge in [0.15, 0.2) is 0 Å². The quantitative estimate of drug-likeness (QED) is 0.821. The summed E-state index contributed by atoms with van der Waals surface area (Å²) in [5.41, 5.74) is -0.194. The number of pyridine rings is 1. The van der Waals surface area contributed by atoms with Crippen molar-refractivity contribution in [3.63, 3.8) is 0 Å². The lowest BCUT2D eigenvalue weighted by Crippen LogP contribution is -2.20. The van der Waals surface area contributed by atoms with Crippen LogP contribution in [0.1, 0.15) is 18.4 Å². The number of nitrogens with zero attached hydrogens (tertiary/aromatic N) is 1. The smallest absolute Gasteiger partial charge is 0.314 e. The van der Waals surface area contributed by atoms with E-state index in [0.717, 1.165) is 6.26 Å². The number of anilines is 1. The Morgan fingerprint density at radius 2 is 2.12 bits per heavy atom. The Morgan fingerprint density at radius 1 is 1.47 bits per heavy atom. The molecule has 0 amide bonds. The number of sulfonamides is 1. The molecule has 1 aromatic rings. The maximum atomic E-state index is 11.1. The van der Waals surface area contributed by atoms with Crippen LogP contribution < -0.4 is 4.72 Å². The van der Waals surface area contributed by atoms with E-state index in [1.165, 1.54) is 12.3 Å². The number of hydrogen-bond acceptors (Lipinski definition) is 4. The number of carboxylic acids is 1. The standard InChI is InChI=1S/C10H12N2O4S/c1-17(15,16)12-8-3-2-7(6-11-8)10(4-5-10)9(13)14/h2-3,6H,4-5H2,1H3,(H,11,12)(H,13,14). The van der Waals surface area contributed by atoms with Crippen LogP contribution in [0.15, 0.2) is 18.3 Å². The van der Waals surface area contributed by atoms with Crippen molar-refractivity contribution in [2.75, 3.05) is 11.0 Å². The van der Waals surface area contributed by atoms with Crippen molar-refractivity contribution in [1.29, 1.82) is 0 Å². The van der Waals surface area contributed by atoms with E-state index in [1.807, 2.05) is 0 Å². The van der Waals surface area contributed by atoms with Crippen LogP contribution in [0.3, 0.4) is 0 Å². The third-order valence-electron chi connectivity index (χ3n) is 2.77. The monoisotopic (exact) mass is 256 g/mol. The van der Waals surface area contributed by atoms with Gasteiger partial charge in [0.1, 0.15) is 5.82 Å². The van der Waals surface area contributed by atoms with Gasteiger partial charge in [-0.05, 0) is 24.5 Å². The molecule has 2 N–H and O–H groups in total. The lowest BCUT2D eigenvalue weighted by Gasteiger charge is -2.10. The summed E-state index contributed by atoms with van der Waals surface area (Å²) in [4.78, 5) is 15.0. The van der Waals surface area contributed by atoms with Crippen LogP contribution in [0.25, 0.3) is 0 Å². The first-order valence-corrected chi connectivity index (χ1v) is 6.90. The van der Waals surface area contributed by atoms with Crippen molar-refractivity contribution in [3.05, 3.63) is 23.9 Å². The molecule has 0 spiro atoms. The van der Waals surface area contributed by atoms with E-state index in [-0.39, 0.29) is 5.82 Å². The molecule has 17 heavy (non-hydrogen) atoms. The molecule has 0 atom stereocenters. The number of rotatable bonds is 4. The minimum absolute atomic E-state index is 0.192. The molecular formula is C10H12N2O4S. The molecule has 0 aliphatic heterocycles. The zero-order valence-corrected chi connectivity index (χ0v) is 9.99. The van der Waals surface area contributed by atoms with Gasteiger partial charge in [-0.15, -0.1) is 0 Å². The fourth-order valence-electron chi connectivity index (χ4n) is 1.68. The molecule has 1 fully saturated rings. The predicted octanol–water partition coefficient (Wildman–Crippen LogP) is 0.569. The first-order chi connectivity index (χ1) is 7.83. The summed E-state index contributed by atoms with van der Waals surface area (Å²) in [6.45, 7) is 0. The highest BCUT2D eigenvalue weighted by Crippen LogP contribution is 2.48. The molecule has 2 rings (SSSR count). The summed E-state index contributed by atoms with van der Waals surface area (Å²) in [5, 5.41) is 9.07. The van der Waals surface area contributed by atoms with Crippen molar-refractivity contribution < 1.29 is 18.3 Å². The molecule has 92 valence electrons. The molecule has 1 aliphatic rings. The largest absolute Gasteiger partial charge is 0.481 e. The number of carbonyl (C=O) groups is 1. The maximum absolute atomic E-state index is 11.1. The number of nitrogens with one attached hydrogen (secondary N) is 1. The van der Waals surface area contributed by atoms with Crippen LogP contribution >= 0.6 is 0 Å². The van der Waals surface area contributed by atoms with Gasteiger partial charge in [0.05, 0.1) is 11.7 Å². The number of aromatic nitrogens is 1. The van der Waals surface area contributed by atoms with Gasteiger partial charge in [-0.25, -0.2) is 13.4 Å². The Hall–Kier alpha value is -1.63. The molecule has 0 bridgehead atoms. The number of carboxylic acid groups (broad SMARTS) is 1. The van der Waals surface area contributed by atoms with Crippen molar-refractivity contribution in [1.82, 2.24) is 4.98 Å². The highest BCUT2D eigenvalue weighted by atomic mass is 32.2. The summed E-state index contributed by atoms with van der Waals surface area (Å²) in [7, 11) is -3.36. The van der Waals surface area contributed by atoms with Gasteiger partial charge in [0, 0.05) is 6.20 Å². The van der Waals surface area contributed by atoms with Crippen LogP contribution in [0.2, 0.25) is 0 Å². The van der Waals surface area contributed by atoms with E-state index in [9.17, 15) is 13.2 Å². The van der Waals surface area contributed by atoms with Crippen LogP contribution in [0, 0.1) is 0 Å². The van der Waals surface area contributed by atoms with E-state index in [2.05, 4.69) is 9.71 Å². The van der Waals surface area contributed by atoms with Gasteiger partial charge < -0.3 is 5.11 Å². The van der Waals surface area contributed by atoms with Gasteiger partial charge in [0.25, 0.3) is 0 Å². The molecular weight excluding hydrogens is 244 g/mol. The van der Waals surface area contributed by atoms with E-state index >= 15 is 0 Å². The molecule has 1 saturated carbocycles. The summed E-state index contributed by atoms with van der Waals surface area (Å²) in [6.07, 6.45) is 3.64. The normalized spacial score (nSPS) is 17.5. The molecule has 0 aromatic carbocycles. The lowest BCUT2D eigenvalue weighted by atomic mass is 9.98. The molecule has 0 unspecified atom stereocenters. The lowest BCUT2D eigenvalue weighted by molar-refractivity contribution is -0.140. The van der Waals surface area contributed by atoms with Gasteiger partial charge >= 0.3 is 5.97 Å². The van der Waals surface area contributed by atoms with Crippen molar-refractivity contribution in [2.45, 2.75) is 18.3 Å². The average molecular weight is 256 g/mol. The minimum Gasteiger partial charge on any atom is -0.481 e. The van der Waals surface area contributed by atoms with Crippen molar-refractivity contribution >= 4 is 21.8 Å².